The van der Waals surface area contributed by atoms with Crippen molar-refractivity contribution in [1.82, 2.24) is 10.2 Å². The zero-order chi connectivity index (χ0) is 50.9. The van der Waals surface area contributed by atoms with Crippen LogP contribution in [0.25, 0.3) is 6.08 Å². The van der Waals surface area contributed by atoms with E-state index in [1.807, 2.05) is 13.0 Å². The van der Waals surface area contributed by atoms with Gasteiger partial charge in [0.05, 0.1) is 43.0 Å². The van der Waals surface area contributed by atoms with E-state index in [0.717, 1.165) is 56.1 Å². The zero-order valence-corrected chi connectivity index (χ0v) is 42.2. The summed E-state index contributed by atoms with van der Waals surface area (Å²) in [5.74, 6) is -2.16. The molecule has 0 aromatic heterocycles. The van der Waals surface area contributed by atoms with Gasteiger partial charge in [0.25, 0.3) is 5.69 Å². The number of aliphatic hydroxyl groups excluding tert-OH is 3. The van der Waals surface area contributed by atoms with Gasteiger partial charge in [-0.2, -0.15) is 0 Å². The number of nitro groups is 1. The molecule has 0 radical (unpaired) electrons. The van der Waals surface area contributed by atoms with Crippen molar-refractivity contribution in [2.24, 2.45) is 22.9 Å². The van der Waals surface area contributed by atoms with Crippen molar-refractivity contribution in [2.45, 2.75) is 141 Å². The molecule has 2 aliphatic carbocycles. The van der Waals surface area contributed by atoms with Gasteiger partial charge < -0.3 is 49.3 Å². The Kier molecular flexibility index (Phi) is 24.5. The number of benzene rings is 2. The first-order valence-electron chi connectivity index (χ1n) is 26.2. The fourth-order valence-electron chi connectivity index (χ4n) is 10.5. The van der Waals surface area contributed by atoms with Crippen molar-refractivity contribution in [1.29, 1.82) is 0 Å². The van der Waals surface area contributed by atoms with E-state index >= 15 is 0 Å². The van der Waals surface area contributed by atoms with E-state index in [-0.39, 0.29) is 82.7 Å². The van der Waals surface area contributed by atoms with Crippen molar-refractivity contribution in [3.8, 4) is 11.5 Å². The fourth-order valence-corrected chi connectivity index (χ4v) is 10.5. The molecule has 4 N–H and O–H groups in total. The number of carbonyl (C=O) groups is 2. The molecule has 16 nitrogen and oxygen atoms in total. The van der Waals surface area contributed by atoms with Gasteiger partial charge in [0, 0.05) is 62.4 Å². The van der Waals surface area contributed by atoms with E-state index < -0.39 is 34.7 Å². The standard InChI is InChI=1S/C55H80N4O12/c1-4-7-8-9-10-11-12-13-14-17-30-56-54(64)70-44-27-28-49-47(39-44)52-45(21-16-19-33-61)42(20-15-18-32-60)38-46-48(57-69-6-3)40-50(55(71-49,53(46)52)68-35-5-2)58(31-36-67-37-34-62)51(63)29-24-41-22-25-43(26-23-41)59(65)66/h5,22-29,38-39,42,45,50,52-53,60-62H,2,4,6-21,30-37,40H2,1,3H3,(H,56,64). The minimum absolute atomic E-state index is 0.00824. The number of oxime groups is 1. The van der Waals surface area contributed by atoms with Gasteiger partial charge in [0.15, 0.2) is 0 Å². The number of aliphatic hydroxyl groups is 3. The molecule has 2 aromatic carbocycles. The smallest absolute Gasteiger partial charge is 0.412 e. The molecule has 2 amide bonds. The molecule has 1 saturated carbocycles. The third kappa shape index (κ3) is 16.2. The highest BCUT2D eigenvalue weighted by atomic mass is 16.7. The van der Waals surface area contributed by atoms with Crippen molar-refractivity contribution in [3.05, 3.63) is 94.1 Å². The van der Waals surface area contributed by atoms with Crippen molar-refractivity contribution in [2.75, 3.05) is 59.3 Å². The van der Waals surface area contributed by atoms with Crippen LogP contribution in [0.2, 0.25) is 0 Å². The minimum Gasteiger partial charge on any atom is -0.459 e. The Labute approximate surface area is 420 Å². The van der Waals surface area contributed by atoms with E-state index in [9.17, 15) is 35.0 Å². The van der Waals surface area contributed by atoms with Crippen LogP contribution in [0.4, 0.5) is 10.5 Å². The van der Waals surface area contributed by atoms with E-state index in [1.54, 1.807) is 41.3 Å². The van der Waals surface area contributed by atoms with Crippen molar-refractivity contribution in [3.63, 3.8) is 0 Å². The molecule has 0 spiro atoms. The lowest BCUT2D eigenvalue weighted by Crippen LogP contribution is -2.70. The highest BCUT2D eigenvalue weighted by Gasteiger charge is 2.65. The predicted octanol–water partition coefficient (Wildman–Crippen LogP) is 9.81. The number of hydrogen-bond donors (Lipinski definition) is 4. The number of rotatable bonds is 34. The number of unbranched alkanes of at least 4 members (excludes halogenated alkanes) is 11. The second-order valence-corrected chi connectivity index (χ2v) is 18.7. The zero-order valence-electron chi connectivity index (χ0n) is 42.2. The number of nitrogens with zero attached hydrogens (tertiary/aromatic N) is 3. The van der Waals surface area contributed by atoms with Crippen LogP contribution in [0.1, 0.15) is 140 Å². The maximum atomic E-state index is 14.8. The first-order valence-corrected chi connectivity index (χ1v) is 26.2. The average molecular weight is 989 g/mol. The van der Waals surface area contributed by atoms with Crippen LogP contribution < -0.4 is 14.8 Å². The monoisotopic (exact) mass is 989 g/mol. The van der Waals surface area contributed by atoms with Gasteiger partial charge in [-0.3, -0.25) is 14.9 Å². The fraction of sp³-hybridized carbons (Fsp3) is 0.618. The van der Waals surface area contributed by atoms with Crippen LogP contribution >= 0.6 is 0 Å². The molecule has 6 atom stereocenters. The van der Waals surface area contributed by atoms with Gasteiger partial charge in [-0.1, -0.05) is 94.9 Å². The third-order valence-electron chi connectivity index (χ3n) is 13.9. The summed E-state index contributed by atoms with van der Waals surface area (Å²) < 4.78 is 26.1. The summed E-state index contributed by atoms with van der Waals surface area (Å²) >= 11 is 0. The molecule has 71 heavy (non-hydrogen) atoms. The Morgan fingerprint density at radius 1 is 0.915 bits per heavy atom. The van der Waals surface area contributed by atoms with E-state index in [4.69, 9.17) is 28.9 Å². The molecule has 6 unspecified atom stereocenters. The Morgan fingerprint density at radius 3 is 2.28 bits per heavy atom. The summed E-state index contributed by atoms with van der Waals surface area (Å²) in [7, 11) is 0. The van der Waals surface area contributed by atoms with E-state index in [0.29, 0.717) is 42.2 Å². The molecule has 2 aromatic rings. The van der Waals surface area contributed by atoms with Gasteiger partial charge in [-0.05, 0) is 98.4 Å². The predicted molar refractivity (Wildman–Crippen MR) is 274 cm³/mol. The molecule has 1 aliphatic heterocycles. The number of nitrogens with one attached hydrogen (secondary N) is 1. The van der Waals surface area contributed by atoms with Gasteiger partial charge >= 0.3 is 6.09 Å². The average Bonchev–Trinajstić information content (AvgIpc) is 3.37. The maximum Gasteiger partial charge on any atom is 0.412 e. The van der Waals surface area contributed by atoms with Crippen LogP contribution in [0.5, 0.6) is 11.5 Å². The van der Waals surface area contributed by atoms with Crippen LogP contribution in [0, 0.1) is 27.9 Å². The number of non-ortho nitro benzene ring substituents is 1. The van der Waals surface area contributed by atoms with Gasteiger partial charge in [0.1, 0.15) is 24.1 Å². The lowest BCUT2D eigenvalue weighted by atomic mass is 9.55. The van der Waals surface area contributed by atoms with Crippen LogP contribution in [0.15, 0.2) is 78.0 Å². The first-order chi connectivity index (χ1) is 34.7. The highest BCUT2D eigenvalue weighted by molar-refractivity contribution is 6.03. The minimum atomic E-state index is -1.56. The lowest BCUT2D eigenvalue weighted by Gasteiger charge is -2.60. The number of fused-ring (bicyclic) bond motifs is 2. The number of ether oxygens (including phenoxy) is 4. The van der Waals surface area contributed by atoms with Crippen molar-refractivity contribution < 1.29 is 53.6 Å². The molecule has 392 valence electrons. The Hall–Kier alpha value is -5.13. The van der Waals surface area contributed by atoms with Crippen LogP contribution in [-0.2, 0) is 19.1 Å². The Balaban J connectivity index is 1.57. The van der Waals surface area contributed by atoms with Gasteiger partial charge in [0.2, 0.25) is 11.7 Å². The summed E-state index contributed by atoms with van der Waals surface area (Å²) in [5, 5.41) is 48.6. The third-order valence-corrected chi connectivity index (χ3v) is 13.9. The Bertz CT molecular complexity index is 2060. The summed E-state index contributed by atoms with van der Waals surface area (Å²) in [6.07, 6.45) is 22.6. The largest absolute Gasteiger partial charge is 0.459 e. The molecule has 16 heteroatoms. The number of nitro benzene ring substituents is 1. The molecule has 1 fully saturated rings. The lowest BCUT2D eigenvalue weighted by molar-refractivity contribution is -0.384. The molecular weight excluding hydrogens is 909 g/mol. The quantitative estimate of drug-likeness (QED) is 0.0170. The van der Waals surface area contributed by atoms with Crippen LogP contribution in [-0.4, -0.2) is 114 Å². The van der Waals surface area contributed by atoms with E-state index in [1.165, 1.54) is 63.2 Å². The summed E-state index contributed by atoms with van der Waals surface area (Å²) in [6, 6.07) is 10.4. The Morgan fingerprint density at radius 2 is 1.62 bits per heavy atom. The molecular formula is C55H80N4O12. The number of carbonyl (C=O) groups excluding carboxylic acids is 2. The molecule has 1 heterocycles. The second kappa shape index (κ2) is 30.7. The van der Waals surface area contributed by atoms with Gasteiger partial charge in [-0.15, -0.1) is 6.58 Å². The SMILES string of the molecule is C=CCOC12Oc3ccc(OC(=O)NCCCCCCCCCCCC)cc3C3C(CCCCO)C(CCCCO)C=C(C(=NOCC)CC1N(CCOCCO)C(=O)C=Cc1ccc([N+](=O)[O-])cc1)C32. The normalized spacial score (nSPS) is 21.7. The molecule has 3 aliphatic rings. The number of hydrogen-bond acceptors (Lipinski definition) is 13. The summed E-state index contributed by atoms with van der Waals surface area (Å²) in [5.41, 5.74) is 2.77. The molecule has 0 bridgehead atoms. The molecule has 0 saturated heterocycles. The van der Waals surface area contributed by atoms with E-state index in [2.05, 4.69) is 24.9 Å². The van der Waals surface area contributed by atoms with Gasteiger partial charge in [-0.25, -0.2) is 4.79 Å². The van der Waals surface area contributed by atoms with Crippen molar-refractivity contribution >= 4 is 29.5 Å². The van der Waals surface area contributed by atoms with Crippen LogP contribution in [0.3, 0.4) is 0 Å². The summed E-state index contributed by atoms with van der Waals surface area (Å²) in [6.45, 7) is 8.98. The highest BCUT2D eigenvalue weighted by Crippen LogP contribution is 2.62. The molecule has 5 rings (SSSR count). The second-order valence-electron chi connectivity index (χ2n) is 18.7. The first kappa shape index (κ1) is 56.8. The topological polar surface area (TPSA) is 212 Å². The summed E-state index contributed by atoms with van der Waals surface area (Å²) in [4.78, 5) is 46.6. The number of allylic oxidation sites excluding steroid dienone is 1. The number of amides is 2. The maximum absolute atomic E-state index is 14.8.